The van der Waals surface area contributed by atoms with Gasteiger partial charge in [0, 0.05) is 25.2 Å². The SMILES string of the molecule is O=C(CN(CCCO)C1CCc2ccccc21)NC1CC1. The zero-order valence-corrected chi connectivity index (χ0v) is 12.4. The lowest BCUT2D eigenvalue weighted by atomic mass is 10.1. The molecule has 2 aliphatic rings. The minimum Gasteiger partial charge on any atom is -0.396 e. The lowest BCUT2D eigenvalue weighted by molar-refractivity contribution is -0.123. The summed E-state index contributed by atoms with van der Waals surface area (Å²) in [6, 6.07) is 9.25. The Morgan fingerprint density at radius 3 is 2.86 bits per heavy atom. The van der Waals surface area contributed by atoms with E-state index >= 15 is 0 Å². The van der Waals surface area contributed by atoms with Crippen LogP contribution in [0.15, 0.2) is 24.3 Å². The lowest BCUT2D eigenvalue weighted by Gasteiger charge is -2.29. The second kappa shape index (κ2) is 6.58. The number of hydrogen-bond acceptors (Lipinski definition) is 3. The van der Waals surface area contributed by atoms with E-state index in [0.717, 1.165) is 38.6 Å². The highest BCUT2D eigenvalue weighted by molar-refractivity contribution is 5.78. The summed E-state index contributed by atoms with van der Waals surface area (Å²) in [7, 11) is 0. The Morgan fingerprint density at radius 1 is 1.29 bits per heavy atom. The van der Waals surface area contributed by atoms with Gasteiger partial charge in [-0.2, -0.15) is 0 Å². The van der Waals surface area contributed by atoms with Crippen LogP contribution in [0.3, 0.4) is 0 Å². The van der Waals surface area contributed by atoms with Crippen molar-refractivity contribution in [1.82, 2.24) is 10.2 Å². The van der Waals surface area contributed by atoms with Crippen LogP contribution < -0.4 is 5.32 Å². The first-order valence-corrected chi connectivity index (χ1v) is 8.00. The van der Waals surface area contributed by atoms with Gasteiger partial charge in [0.25, 0.3) is 0 Å². The molecule has 1 aromatic rings. The van der Waals surface area contributed by atoms with Crippen LogP contribution in [-0.4, -0.2) is 41.7 Å². The summed E-state index contributed by atoms with van der Waals surface area (Å²) in [4.78, 5) is 14.4. The summed E-state index contributed by atoms with van der Waals surface area (Å²) in [5.74, 6) is 0.125. The molecular weight excluding hydrogens is 264 g/mol. The Hall–Kier alpha value is -1.39. The summed E-state index contributed by atoms with van der Waals surface area (Å²) in [5.41, 5.74) is 2.76. The van der Waals surface area contributed by atoms with Gasteiger partial charge in [0.2, 0.25) is 5.91 Å². The number of aliphatic hydroxyl groups is 1. The Morgan fingerprint density at radius 2 is 2.10 bits per heavy atom. The van der Waals surface area contributed by atoms with E-state index < -0.39 is 0 Å². The molecule has 0 radical (unpaired) electrons. The third-order valence-corrected chi connectivity index (χ3v) is 4.43. The average Bonchev–Trinajstić information content (AvgIpc) is 3.19. The largest absolute Gasteiger partial charge is 0.396 e. The summed E-state index contributed by atoms with van der Waals surface area (Å²) in [6.07, 6.45) is 5.11. The number of benzene rings is 1. The standard InChI is InChI=1S/C17H24N2O2/c20-11-3-10-19(12-17(21)18-14-7-8-14)16-9-6-13-4-1-2-5-15(13)16/h1-2,4-5,14,16,20H,3,6-12H2,(H,18,21). The van der Waals surface area contributed by atoms with E-state index in [9.17, 15) is 4.79 Å². The fourth-order valence-corrected chi connectivity index (χ4v) is 3.22. The fourth-order valence-electron chi connectivity index (χ4n) is 3.22. The maximum atomic E-state index is 12.1. The highest BCUT2D eigenvalue weighted by Crippen LogP contribution is 2.35. The monoisotopic (exact) mass is 288 g/mol. The molecule has 1 fully saturated rings. The number of amides is 1. The van der Waals surface area contributed by atoms with Crippen molar-refractivity contribution in [3.8, 4) is 0 Å². The number of fused-ring (bicyclic) bond motifs is 1. The highest BCUT2D eigenvalue weighted by atomic mass is 16.3. The number of carbonyl (C=O) groups excluding carboxylic acids is 1. The van der Waals surface area contributed by atoms with Crippen LogP contribution in [0.2, 0.25) is 0 Å². The lowest BCUT2D eigenvalue weighted by Crippen LogP contribution is -2.40. The molecule has 21 heavy (non-hydrogen) atoms. The average molecular weight is 288 g/mol. The molecule has 1 saturated carbocycles. The predicted molar refractivity (Wildman–Crippen MR) is 81.9 cm³/mol. The van der Waals surface area contributed by atoms with Crippen LogP contribution in [0.5, 0.6) is 0 Å². The normalized spacial score (nSPS) is 20.6. The van der Waals surface area contributed by atoms with Crippen LogP contribution in [0, 0.1) is 0 Å². The van der Waals surface area contributed by atoms with E-state index in [1.54, 1.807) is 0 Å². The van der Waals surface area contributed by atoms with Crippen LogP contribution in [-0.2, 0) is 11.2 Å². The first-order chi connectivity index (χ1) is 10.3. The molecule has 0 saturated heterocycles. The van der Waals surface area contributed by atoms with E-state index in [-0.39, 0.29) is 12.5 Å². The molecule has 2 N–H and O–H groups in total. The van der Waals surface area contributed by atoms with Crippen molar-refractivity contribution in [3.05, 3.63) is 35.4 Å². The van der Waals surface area contributed by atoms with Gasteiger partial charge in [-0.25, -0.2) is 0 Å². The second-order valence-corrected chi connectivity index (χ2v) is 6.14. The molecule has 0 bridgehead atoms. The third-order valence-electron chi connectivity index (χ3n) is 4.43. The molecule has 0 aromatic heterocycles. The van der Waals surface area contributed by atoms with E-state index in [2.05, 4.69) is 34.5 Å². The zero-order chi connectivity index (χ0) is 14.7. The highest BCUT2D eigenvalue weighted by Gasteiger charge is 2.30. The molecule has 0 aliphatic heterocycles. The molecule has 0 spiro atoms. The summed E-state index contributed by atoms with van der Waals surface area (Å²) >= 11 is 0. The number of aliphatic hydroxyl groups excluding tert-OH is 1. The number of hydrogen-bond donors (Lipinski definition) is 2. The maximum absolute atomic E-state index is 12.1. The number of aryl methyl sites for hydroxylation is 1. The molecule has 4 heteroatoms. The van der Waals surface area contributed by atoms with Gasteiger partial charge in [0.15, 0.2) is 0 Å². The van der Waals surface area contributed by atoms with E-state index in [4.69, 9.17) is 5.11 Å². The Balaban J connectivity index is 1.68. The molecule has 1 aromatic carbocycles. The molecule has 1 amide bonds. The molecule has 4 nitrogen and oxygen atoms in total. The van der Waals surface area contributed by atoms with Gasteiger partial charge in [-0.3, -0.25) is 9.69 Å². The van der Waals surface area contributed by atoms with Crippen LogP contribution in [0.25, 0.3) is 0 Å². The zero-order valence-electron chi connectivity index (χ0n) is 12.4. The van der Waals surface area contributed by atoms with E-state index in [1.807, 2.05) is 0 Å². The summed E-state index contributed by atoms with van der Waals surface area (Å²) in [6.45, 7) is 1.39. The van der Waals surface area contributed by atoms with Crippen molar-refractivity contribution < 1.29 is 9.90 Å². The van der Waals surface area contributed by atoms with E-state index in [0.29, 0.717) is 18.6 Å². The van der Waals surface area contributed by atoms with Gasteiger partial charge in [0.05, 0.1) is 6.54 Å². The molecule has 3 rings (SSSR count). The van der Waals surface area contributed by atoms with Gasteiger partial charge in [-0.15, -0.1) is 0 Å². The topological polar surface area (TPSA) is 52.6 Å². The van der Waals surface area contributed by atoms with Crippen molar-refractivity contribution in [1.29, 1.82) is 0 Å². The molecular formula is C17H24N2O2. The maximum Gasteiger partial charge on any atom is 0.234 e. The number of rotatable bonds is 7. The minimum atomic E-state index is 0.125. The van der Waals surface area contributed by atoms with Crippen molar-refractivity contribution in [3.63, 3.8) is 0 Å². The second-order valence-electron chi connectivity index (χ2n) is 6.14. The van der Waals surface area contributed by atoms with Crippen molar-refractivity contribution in [2.24, 2.45) is 0 Å². The first kappa shape index (κ1) is 14.5. The van der Waals surface area contributed by atoms with Gasteiger partial charge in [-0.1, -0.05) is 24.3 Å². The molecule has 114 valence electrons. The number of nitrogens with one attached hydrogen (secondary N) is 1. The quantitative estimate of drug-likeness (QED) is 0.802. The number of carbonyl (C=O) groups is 1. The van der Waals surface area contributed by atoms with Crippen LogP contribution in [0.1, 0.15) is 42.9 Å². The van der Waals surface area contributed by atoms with Crippen molar-refractivity contribution in [2.75, 3.05) is 19.7 Å². The summed E-state index contributed by atoms with van der Waals surface area (Å²) < 4.78 is 0. The minimum absolute atomic E-state index is 0.125. The molecule has 1 unspecified atom stereocenters. The molecule has 2 aliphatic carbocycles. The van der Waals surface area contributed by atoms with Gasteiger partial charge in [-0.05, 0) is 43.2 Å². The Kier molecular flexibility index (Phi) is 4.56. The van der Waals surface area contributed by atoms with Gasteiger partial charge < -0.3 is 10.4 Å². The predicted octanol–water partition coefficient (Wildman–Crippen LogP) is 1.64. The fraction of sp³-hybridized carbons (Fsp3) is 0.588. The number of nitrogens with zero attached hydrogens (tertiary/aromatic N) is 1. The molecule has 1 atom stereocenters. The van der Waals surface area contributed by atoms with Gasteiger partial charge >= 0.3 is 0 Å². The summed E-state index contributed by atoms with van der Waals surface area (Å²) in [5, 5.41) is 12.2. The van der Waals surface area contributed by atoms with Crippen LogP contribution >= 0.6 is 0 Å². The van der Waals surface area contributed by atoms with Crippen molar-refractivity contribution >= 4 is 5.91 Å². The first-order valence-electron chi connectivity index (χ1n) is 8.00. The van der Waals surface area contributed by atoms with Gasteiger partial charge in [0.1, 0.15) is 0 Å². The smallest absolute Gasteiger partial charge is 0.234 e. The van der Waals surface area contributed by atoms with E-state index in [1.165, 1.54) is 11.1 Å². The third kappa shape index (κ3) is 3.63. The Bertz CT molecular complexity index is 499. The van der Waals surface area contributed by atoms with Crippen molar-refractivity contribution in [2.45, 2.75) is 44.2 Å². The molecule has 0 heterocycles. The van der Waals surface area contributed by atoms with Crippen LogP contribution in [0.4, 0.5) is 0 Å². The Labute approximate surface area is 126 Å².